The zero-order valence-electron chi connectivity index (χ0n) is 11.8. The second-order valence-electron chi connectivity index (χ2n) is 4.68. The molecule has 1 amide bonds. The number of nitrogens with one attached hydrogen (secondary N) is 1. The van der Waals surface area contributed by atoms with E-state index in [1.165, 1.54) is 11.3 Å². The molecule has 112 valence electrons. The summed E-state index contributed by atoms with van der Waals surface area (Å²) in [6.07, 6.45) is 0.0802. The van der Waals surface area contributed by atoms with Crippen molar-refractivity contribution in [3.05, 3.63) is 28.6 Å². The highest BCUT2D eigenvalue weighted by Crippen LogP contribution is 2.27. The Morgan fingerprint density at radius 3 is 2.86 bits per heavy atom. The molecule has 0 aliphatic carbocycles. The topological polar surface area (TPSA) is 68.3 Å². The number of thiophene rings is 1. The smallest absolute Gasteiger partial charge is 0.312 e. The van der Waals surface area contributed by atoms with Gasteiger partial charge in [-0.25, -0.2) is 4.98 Å². The molecule has 2 heterocycles. The summed E-state index contributed by atoms with van der Waals surface area (Å²) < 4.78 is 4.92. The van der Waals surface area contributed by atoms with E-state index in [2.05, 4.69) is 10.3 Å². The monoisotopic (exact) mass is 324 g/mol. The van der Waals surface area contributed by atoms with Gasteiger partial charge >= 0.3 is 5.97 Å². The van der Waals surface area contributed by atoms with Crippen molar-refractivity contribution < 1.29 is 14.3 Å². The number of aromatic nitrogens is 1. The molecule has 0 radical (unpaired) electrons. The highest BCUT2D eigenvalue weighted by atomic mass is 32.1. The standard InChI is InChI=1S/C14H16N2O3S2/c1-9(2)15-12(17)7-19-13(18)6-10-8-21-14(16-10)11-4-3-5-20-11/h3-5,8-9H,6-7H2,1-2H3,(H,15,17). The lowest BCUT2D eigenvalue weighted by Crippen LogP contribution is -2.34. The summed E-state index contributed by atoms with van der Waals surface area (Å²) in [4.78, 5) is 28.5. The average molecular weight is 324 g/mol. The van der Waals surface area contributed by atoms with Crippen LogP contribution in [0.15, 0.2) is 22.9 Å². The maximum atomic E-state index is 11.7. The molecule has 7 heteroatoms. The third-order valence-electron chi connectivity index (χ3n) is 2.42. The Kier molecular flexibility index (Phi) is 5.46. The molecule has 21 heavy (non-hydrogen) atoms. The van der Waals surface area contributed by atoms with Crippen LogP contribution in [0.2, 0.25) is 0 Å². The molecule has 2 rings (SSSR count). The number of carbonyl (C=O) groups is 2. The Hall–Kier alpha value is -1.73. The van der Waals surface area contributed by atoms with Gasteiger partial charge in [-0.3, -0.25) is 9.59 Å². The Bertz CT molecular complexity index is 606. The zero-order chi connectivity index (χ0) is 15.2. The van der Waals surface area contributed by atoms with E-state index in [-0.39, 0.29) is 25.0 Å². The van der Waals surface area contributed by atoms with Crippen LogP contribution in [0, 0.1) is 0 Å². The van der Waals surface area contributed by atoms with Gasteiger partial charge in [-0.1, -0.05) is 6.07 Å². The molecule has 0 saturated heterocycles. The number of nitrogens with zero attached hydrogens (tertiary/aromatic N) is 1. The highest BCUT2D eigenvalue weighted by molar-refractivity contribution is 7.20. The van der Waals surface area contributed by atoms with Crippen molar-refractivity contribution >= 4 is 34.6 Å². The van der Waals surface area contributed by atoms with Crippen molar-refractivity contribution in [2.45, 2.75) is 26.3 Å². The maximum absolute atomic E-state index is 11.7. The van der Waals surface area contributed by atoms with Crippen LogP contribution < -0.4 is 5.32 Å². The number of rotatable bonds is 6. The summed E-state index contributed by atoms with van der Waals surface area (Å²) in [7, 11) is 0. The van der Waals surface area contributed by atoms with Crippen molar-refractivity contribution in [2.75, 3.05) is 6.61 Å². The number of amides is 1. The van der Waals surface area contributed by atoms with Crippen LogP contribution >= 0.6 is 22.7 Å². The molecule has 0 bridgehead atoms. The Morgan fingerprint density at radius 1 is 1.38 bits per heavy atom. The molecule has 1 N–H and O–H groups in total. The molecule has 0 saturated carbocycles. The first kappa shape index (κ1) is 15.7. The zero-order valence-corrected chi connectivity index (χ0v) is 13.4. The van der Waals surface area contributed by atoms with Gasteiger partial charge in [-0.15, -0.1) is 22.7 Å². The van der Waals surface area contributed by atoms with Gasteiger partial charge in [-0.2, -0.15) is 0 Å². The lowest BCUT2D eigenvalue weighted by molar-refractivity contribution is -0.148. The minimum absolute atomic E-state index is 0.0306. The van der Waals surface area contributed by atoms with Crippen molar-refractivity contribution in [3.63, 3.8) is 0 Å². The third kappa shape index (κ3) is 4.95. The van der Waals surface area contributed by atoms with Crippen LogP contribution in [0.3, 0.4) is 0 Å². The van der Waals surface area contributed by atoms with Crippen molar-refractivity contribution in [2.24, 2.45) is 0 Å². The van der Waals surface area contributed by atoms with Gasteiger partial charge in [0, 0.05) is 11.4 Å². The lowest BCUT2D eigenvalue weighted by atomic mass is 10.3. The molecule has 0 fully saturated rings. The number of thiazole rings is 1. The lowest BCUT2D eigenvalue weighted by Gasteiger charge is -2.08. The second kappa shape index (κ2) is 7.33. The summed E-state index contributed by atoms with van der Waals surface area (Å²) in [6.45, 7) is 3.45. The highest BCUT2D eigenvalue weighted by Gasteiger charge is 2.12. The van der Waals surface area contributed by atoms with Crippen LogP contribution in [0.25, 0.3) is 9.88 Å². The van der Waals surface area contributed by atoms with Crippen LogP contribution in [-0.4, -0.2) is 29.5 Å². The van der Waals surface area contributed by atoms with Gasteiger partial charge in [0.15, 0.2) is 6.61 Å². The largest absolute Gasteiger partial charge is 0.455 e. The molecule has 5 nitrogen and oxygen atoms in total. The Balaban J connectivity index is 1.82. The molecule has 0 aliphatic heterocycles. The van der Waals surface area contributed by atoms with Gasteiger partial charge in [0.2, 0.25) is 0 Å². The Morgan fingerprint density at radius 2 is 2.19 bits per heavy atom. The fourth-order valence-corrected chi connectivity index (χ4v) is 3.24. The van der Waals surface area contributed by atoms with Crippen LogP contribution in [0.4, 0.5) is 0 Å². The van der Waals surface area contributed by atoms with Crippen LogP contribution in [0.5, 0.6) is 0 Å². The number of ether oxygens (including phenoxy) is 1. The Labute approximate surface area is 131 Å². The molecule has 2 aromatic rings. The molecule has 0 spiro atoms. The van der Waals surface area contributed by atoms with E-state index in [0.29, 0.717) is 5.69 Å². The summed E-state index contributed by atoms with van der Waals surface area (Å²) in [5.74, 6) is -0.743. The van der Waals surface area contributed by atoms with Crippen molar-refractivity contribution in [3.8, 4) is 9.88 Å². The van der Waals surface area contributed by atoms with Gasteiger partial charge < -0.3 is 10.1 Å². The number of carbonyl (C=O) groups excluding carboxylic acids is 2. The molecule has 0 aliphatic rings. The predicted molar refractivity (Wildman–Crippen MR) is 83.4 cm³/mol. The van der Waals surface area contributed by atoms with Gasteiger partial charge in [-0.05, 0) is 25.3 Å². The first-order chi connectivity index (χ1) is 10.0. The quantitative estimate of drug-likeness (QED) is 0.829. The number of hydrogen-bond donors (Lipinski definition) is 1. The molecule has 0 aromatic carbocycles. The van der Waals surface area contributed by atoms with E-state index in [0.717, 1.165) is 9.88 Å². The van der Waals surface area contributed by atoms with Gasteiger partial charge in [0.25, 0.3) is 5.91 Å². The summed E-state index contributed by atoms with van der Waals surface area (Å²) >= 11 is 3.10. The van der Waals surface area contributed by atoms with E-state index in [1.54, 1.807) is 11.3 Å². The van der Waals surface area contributed by atoms with Crippen LogP contribution in [0.1, 0.15) is 19.5 Å². The van der Waals surface area contributed by atoms with E-state index in [9.17, 15) is 9.59 Å². The van der Waals surface area contributed by atoms with Crippen LogP contribution in [-0.2, 0) is 20.7 Å². The predicted octanol–water partition coefficient (Wildman–Crippen LogP) is 2.48. The summed E-state index contributed by atoms with van der Waals surface area (Å²) in [6, 6.07) is 3.98. The molecule has 2 aromatic heterocycles. The first-order valence-electron chi connectivity index (χ1n) is 6.48. The van der Waals surface area contributed by atoms with Gasteiger partial charge in [0.1, 0.15) is 5.01 Å². The second-order valence-corrected chi connectivity index (χ2v) is 6.49. The molecule has 0 atom stereocenters. The molecular weight excluding hydrogens is 308 g/mol. The minimum atomic E-state index is -0.447. The van der Waals surface area contributed by atoms with E-state index >= 15 is 0 Å². The summed E-state index contributed by atoms with van der Waals surface area (Å²) in [5.41, 5.74) is 0.665. The van der Waals surface area contributed by atoms with E-state index < -0.39 is 5.97 Å². The molecule has 0 unspecified atom stereocenters. The SMILES string of the molecule is CC(C)NC(=O)COC(=O)Cc1csc(-c2cccs2)n1. The summed E-state index contributed by atoms with van der Waals surface area (Å²) in [5, 5.41) is 7.37. The molecular formula is C14H16N2O3S2. The minimum Gasteiger partial charge on any atom is -0.455 e. The average Bonchev–Trinajstić information content (AvgIpc) is 3.05. The number of hydrogen-bond acceptors (Lipinski definition) is 6. The van der Waals surface area contributed by atoms with E-state index in [1.807, 2.05) is 36.7 Å². The van der Waals surface area contributed by atoms with Gasteiger partial charge in [0.05, 0.1) is 17.0 Å². The van der Waals surface area contributed by atoms with Crippen molar-refractivity contribution in [1.82, 2.24) is 10.3 Å². The number of esters is 1. The normalized spacial score (nSPS) is 10.6. The van der Waals surface area contributed by atoms with E-state index in [4.69, 9.17) is 4.74 Å². The fraction of sp³-hybridized carbons (Fsp3) is 0.357. The maximum Gasteiger partial charge on any atom is 0.312 e. The third-order valence-corrected chi connectivity index (χ3v) is 4.35. The van der Waals surface area contributed by atoms with Crippen molar-refractivity contribution in [1.29, 1.82) is 0 Å². The fourth-order valence-electron chi connectivity index (χ4n) is 1.61. The first-order valence-corrected chi connectivity index (χ1v) is 8.24.